The Hall–Kier alpha value is -1.51. The fourth-order valence-electron chi connectivity index (χ4n) is 2.31. The van der Waals surface area contributed by atoms with E-state index in [0.717, 1.165) is 24.7 Å². The van der Waals surface area contributed by atoms with Crippen LogP contribution in [0.3, 0.4) is 0 Å². The maximum Gasteiger partial charge on any atom is 0.239 e. The third kappa shape index (κ3) is 3.53. The highest BCUT2D eigenvalue weighted by molar-refractivity contribution is 6.30. The minimum atomic E-state index is 0. The zero-order valence-electron chi connectivity index (χ0n) is 11.0. The van der Waals surface area contributed by atoms with Gasteiger partial charge in [0.2, 0.25) is 6.34 Å². The van der Waals surface area contributed by atoms with Crippen molar-refractivity contribution in [1.29, 1.82) is 0 Å². The highest BCUT2D eigenvalue weighted by Gasteiger charge is 2.20. The lowest BCUT2D eigenvalue weighted by atomic mass is 10.2. The van der Waals surface area contributed by atoms with Crippen LogP contribution in [0.2, 0.25) is 5.02 Å². The summed E-state index contributed by atoms with van der Waals surface area (Å²) in [7, 11) is 0. The van der Waals surface area contributed by atoms with E-state index in [1.165, 1.54) is 11.3 Å². The normalized spacial score (nSPS) is 13.8. The highest BCUT2D eigenvalue weighted by Crippen LogP contribution is 2.18. The molecule has 0 saturated heterocycles. The number of rotatable bonds is 3. The Morgan fingerprint density at radius 2 is 1.70 bits per heavy atom. The Morgan fingerprint density at radius 3 is 2.40 bits per heavy atom. The molecule has 1 heterocycles. The molecular weight excluding hydrogens is 291 g/mol. The first-order valence-corrected chi connectivity index (χ1v) is 6.84. The maximum atomic E-state index is 5.92. The molecular formula is C16H16Cl2N2. The van der Waals surface area contributed by atoms with Crippen molar-refractivity contribution in [3.05, 3.63) is 65.2 Å². The maximum absolute atomic E-state index is 5.92. The summed E-state index contributed by atoms with van der Waals surface area (Å²) in [5, 5.41) is 0.782. The Bertz CT molecular complexity index is 579. The van der Waals surface area contributed by atoms with Gasteiger partial charge in [0.05, 0.1) is 0 Å². The van der Waals surface area contributed by atoms with E-state index in [1.807, 2.05) is 12.1 Å². The Morgan fingerprint density at radius 1 is 1.00 bits per heavy atom. The molecule has 0 unspecified atom stereocenters. The molecule has 4 heteroatoms. The lowest BCUT2D eigenvalue weighted by Crippen LogP contribution is -3.00. The van der Waals surface area contributed by atoms with Gasteiger partial charge in [0.1, 0.15) is 25.3 Å². The van der Waals surface area contributed by atoms with Gasteiger partial charge < -0.3 is 12.4 Å². The summed E-state index contributed by atoms with van der Waals surface area (Å²) < 4.78 is 2.34. The minimum absolute atomic E-state index is 0. The van der Waals surface area contributed by atoms with Crippen LogP contribution in [0.1, 0.15) is 5.56 Å². The fourth-order valence-corrected chi connectivity index (χ4v) is 2.44. The lowest BCUT2D eigenvalue weighted by molar-refractivity contribution is -0.530. The molecule has 0 amide bonds. The van der Waals surface area contributed by atoms with Gasteiger partial charge in [-0.25, -0.2) is 4.90 Å². The molecule has 1 aliphatic rings. The summed E-state index contributed by atoms with van der Waals surface area (Å²) in [4.78, 5) is 2.26. The van der Waals surface area contributed by atoms with Gasteiger partial charge in [0.25, 0.3) is 0 Å². The summed E-state index contributed by atoms with van der Waals surface area (Å²) >= 11 is 5.92. The van der Waals surface area contributed by atoms with Gasteiger partial charge in [-0.05, 0) is 29.8 Å². The zero-order chi connectivity index (χ0) is 13.1. The average molecular weight is 307 g/mol. The third-order valence-corrected chi connectivity index (χ3v) is 3.57. The van der Waals surface area contributed by atoms with Crippen molar-refractivity contribution in [2.45, 2.75) is 6.54 Å². The molecule has 0 aromatic heterocycles. The topological polar surface area (TPSA) is 6.25 Å². The van der Waals surface area contributed by atoms with Crippen LogP contribution in [0.15, 0.2) is 54.6 Å². The van der Waals surface area contributed by atoms with E-state index < -0.39 is 0 Å². The van der Waals surface area contributed by atoms with Crippen molar-refractivity contribution in [2.75, 3.05) is 18.0 Å². The van der Waals surface area contributed by atoms with Crippen molar-refractivity contribution >= 4 is 23.6 Å². The highest BCUT2D eigenvalue weighted by atomic mass is 35.5. The molecule has 0 radical (unpaired) electrons. The largest absolute Gasteiger partial charge is 1.00 e. The van der Waals surface area contributed by atoms with Gasteiger partial charge in [-0.1, -0.05) is 41.9 Å². The molecule has 2 aromatic rings. The van der Waals surface area contributed by atoms with E-state index in [4.69, 9.17) is 11.6 Å². The van der Waals surface area contributed by atoms with E-state index >= 15 is 0 Å². The van der Waals surface area contributed by atoms with Crippen LogP contribution in [0.4, 0.5) is 5.69 Å². The molecule has 104 valence electrons. The van der Waals surface area contributed by atoms with Gasteiger partial charge in [0, 0.05) is 5.02 Å². The van der Waals surface area contributed by atoms with E-state index in [2.05, 4.69) is 58.3 Å². The first-order chi connectivity index (χ1) is 9.31. The standard InChI is InChI=1S/C16H16ClN2.ClH/c17-15-6-8-16(9-7-15)19-11-10-18(13-19)12-14-4-2-1-3-5-14;/h1-9,13H,10-12H2;1H/q+1;/p-1. The first-order valence-electron chi connectivity index (χ1n) is 6.46. The zero-order valence-corrected chi connectivity index (χ0v) is 12.6. The third-order valence-electron chi connectivity index (χ3n) is 3.32. The Labute approximate surface area is 130 Å². The summed E-state index contributed by atoms with van der Waals surface area (Å²) in [6.45, 7) is 3.04. The molecule has 0 spiro atoms. The monoisotopic (exact) mass is 306 g/mol. The van der Waals surface area contributed by atoms with Crippen LogP contribution in [0.5, 0.6) is 0 Å². The number of nitrogens with zero attached hydrogens (tertiary/aromatic N) is 2. The van der Waals surface area contributed by atoms with Crippen LogP contribution in [0, 0.1) is 0 Å². The Kier molecular flexibility index (Phi) is 5.05. The molecule has 3 rings (SSSR count). The van der Waals surface area contributed by atoms with Crippen LogP contribution >= 0.6 is 11.6 Å². The molecule has 0 fully saturated rings. The first kappa shape index (κ1) is 14.9. The predicted octanol–water partition coefficient (Wildman–Crippen LogP) is 0.405. The molecule has 0 atom stereocenters. The van der Waals surface area contributed by atoms with Gasteiger partial charge in [0.15, 0.2) is 0 Å². The second kappa shape index (κ2) is 6.78. The van der Waals surface area contributed by atoms with Gasteiger partial charge in [-0.3, -0.25) is 4.58 Å². The second-order valence-corrected chi connectivity index (χ2v) is 5.18. The van der Waals surface area contributed by atoms with E-state index in [9.17, 15) is 0 Å². The smallest absolute Gasteiger partial charge is 0.239 e. The van der Waals surface area contributed by atoms with Crippen LogP contribution in [-0.2, 0) is 6.54 Å². The minimum Gasteiger partial charge on any atom is -1.00 e. The quantitative estimate of drug-likeness (QED) is 0.744. The molecule has 1 aliphatic heterocycles. The molecule has 20 heavy (non-hydrogen) atoms. The number of halogens is 2. The van der Waals surface area contributed by atoms with Crippen molar-refractivity contribution in [2.24, 2.45) is 0 Å². The van der Waals surface area contributed by atoms with Crippen LogP contribution < -0.4 is 17.3 Å². The number of anilines is 1. The lowest BCUT2D eigenvalue weighted by Gasteiger charge is -2.05. The summed E-state index contributed by atoms with van der Waals surface area (Å²) in [5.41, 5.74) is 2.54. The molecule has 0 aliphatic carbocycles. The summed E-state index contributed by atoms with van der Waals surface area (Å²) in [6, 6.07) is 18.5. The molecule has 0 bridgehead atoms. The predicted molar refractivity (Wildman–Crippen MR) is 80.1 cm³/mol. The van der Waals surface area contributed by atoms with Crippen molar-refractivity contribution in [1.82, 2.24) is 0 Å². The fraction of sp³-hybridized carbons (Fsp3) is 0.188. The molecule has 2 aromatic carbocycles. The molecule has 2 nitrogen and oxygen atoms in total. The van der Waals surface area contributed by atoms with Gasteiger partial charge >= 0.3 is 0 Å². The van der Waals surface area contributed by atoms with Crippen molar-refractivity contribution < 1.29 is 17.0 Å². The molecule has 0 saturated carbocycles. The Balaban J connectivity index is 0.00000147. The summed E-state index contributed by atoms with van der Waals surface area (Å²) in [5.74, 6) is 0. The van der Waals surface area contributed by atoms with Gasteiger partial charge in [-0.15, -0.1) is 0 Å². The molecule has 0 N–H and O–H groups in total. The number of benzene rings is 2. The van der Waals surface area contributed by atoms with Crippen LogP contribution in [0.25, 0.3) is 0 Å². The van der Waals surface area contributed by atoms with Crippen LogP contribution in [-0.4, -0.2) is 24.0 Å². The van der Waals surface area contributed by atoms with Gasteiger partial charge in [-0.2, -0.15) is 0 Å². The van der Waals surface area contributed by atoms with Crippen molar-refractivity contribution in [3.8, 4) is 0 Å². The van der Waals surface area contributed by atoms with E-state index in [1.54, 1.807) is 0 Å². The number of hydrogen-bond acceptors (Lipinski definition) is 1. The van der Waals surface area contributed by atoms with E-state index in [-0.39, 0.29) is 12.4 Å². The second-order valence-electron chi connectivity index (χ2n) is 4.74. The summed E-state index contributed by atoms with van der Waals surface area (Å²) in [6.07, 6.45) is 2.19. The van der Waals surface area contributed by atoms with Crippen molar-refractivity contribution in [3.63, 3.8) is 0 Å². The average Bonchev–Trinajstić information content (AvgIpc) is 2.89. The number of hydrogen-bond donors (Lipinski definition) is 0. The van der Waals surface area contributed by atoms with E-state index in [0.29, 0.717) is 0 Å². The SMILES string of the molecule is Clc1ccc(N2C=[N+](Cc3ccccc3)CC2)cc1.[Cl-].